The van der Waals surface area contributed by atoms with Crippen molar-refractivity contribution >= 4 is 44.8 Å². The van der Waals surface area contributed by atoms with Gasteiger partial charge >= 0.3 is 0 Å². The van der Waals surface area contributed by atoms with E-state index in [-0.39, 0.29) is 11.8 Å². The Morgan fingerprint density at radius 3 is 1.45 bits per heavy atom. The van der Waals surface area contributed by atoms with Crippen LogP contribution in [-0.4, -0.2) is 51.8 Å². The van der Waals surface area contributed by atoms with Gasteiger partial charge in [-0.25, -0.2) is 9.36 Å². The molecule has 0 radical (unpaired) electrons. The molecule has 2 aromatic carbocycles. The van der Waals surface area contributed by atoms with E-state index in [0.29, 0.717) is 21.7 Å². The van der Waals surface area contributed by atoms with Gasteiger partial charge in [-0.3, -0.25) is 20.2 Å². The van der Waals surface area contributed by atoms with Gasteiger partial charge in [-0.2, -0.15) is 10.2 Å². The first-order chi connectivity index (χ1) is 20.6. The number of aromatic nitrogens is 8. The van der Waals surface area contributed by atoms with E-state index in [4.69, 9.17) is 0 Å². The third-order valence-electron chi connectivity index (χ3n) is 6.16. The number of carbonyl (C=O) groups is 2. The molecule has 14 heteroatoms. The van der Waals surface area contributed by atoms with Crippen molar-refractivity contribution in [3.05, 3.63) is 107 Å². The number of nitrogens with one attached hydrogen (secondary N) is 2. The van der Waals surface area contributed by atoms with Crippen molar-refractivity contribution in [3.63, 3.8) is 0 Å². The van der Waals surface area contributed by atoms with Crippen molar-refractivity contribution in [1.82, 2.24) is 40.0 Å². The second kappa shape index (κ2) is 12.6. The van der Waals surface area contributed by atoms with E-state index in [9.17, 15) is 9.59 Å². The van der Waals surface area contributed by atoms with E-state index in [0.717, 1.165) is 47.1 Å². The summed E-state index contributed by atoms with van der Waals surface area (Å²) in [6, 6.07) is 22.2. The molecule has 0 unspecified atom stereocenters. The number of hydrogen-bond donors (Lipinski definition) is 2. The Bertz CT molecular complexity index is 1660. The molecule has 0 saturated carbocycles. The van der Waals surface area contributed by atoms with Crippen LogP contribution in [0.3, 0.4) is 0 Å². The Morgan fingerprint density at radius 2 is 1.02 bits per heavy atom. The Balaban J connectivity index is 0.967. The first kappa shape index (κ1) is 27.1. The Labute approximate surface area is 248 Å². The summed E-state index contributed by atoms with van der Waals surface area (Å²) in [5, 5.41) is 33.4. The molecule has 210 valence electrons. The molecular weight excluding hydrogens is 573 g/mol. The van der Waals surface area contributed by atoms with E-state index in [1.165, 1.54) is 22.7 Å². The summed E-state index contributed by atoms with van der Waals surface area (Å²) < 4.78 is 3.17. The molecule has 12 nitrogen and oxygen atoms in total. The second-order valence-corrected chi connectivity index (χ2v) is 11.2. The summed E-state index contributed by atoms with van der Waals surface area (Å²) in [5.41, 5.74) is 2.41. The Kier molecular flexibility index (Phi) is 8.14. The zero-order valence-electron chi connectivity index (χ0n) is 22.1. The molecule has 0 bridgehead atoms. The lowest BCUT2D eigenvalue weighted by Gasteiger charge is -2.06. The number of para-hydroxylation sites is 2. The van der Waals surface area contributed by atoms with Crippen LogP contribution < -0.4 is 10.6 Å². The van der Waals surface area contributed by atoms with Crippen LogP contribution in [0, 0.1) is 0 Å². The topological polar surface area (TPSA) is 145 Å². The molecule has 0 aliphatic heterocycles. The average molecular weight is 597 g/mol. The first-order valence-corrected chi connectivity index (χ1v) is 14.7. The quantitative estimate of drug-likeness (QED) is 0.202. The van der Waals surface area contributed by atoms with Gasteiger partial charge in [0.15, 0.2) is 0 Å². The number of carbonyl (C=O) groups excluding carboxylic acids is 2. The zero-order chi connectivity index (χ0) is 28.7. The minimum atomic E-state index is -0.303. The van der Waals surface area contributed by atoms with Crippen LogP contribution >= 0.6 is 22.7 Å². The molecule has 0 atom stereocenters. The predicted octanol–water partition coefficient (Wildman–Crippen LogP) is 4.83. The van der Waals surface area contributed by atoms with E-state index in [1.54, 1.807) is 33.9 Å². The van der Waals surface area contributed by atoms with Crippen molar-refractivity contribution < 1.29 is 9.59 Å². The van der Waals surface area contributed by atoms with Crippen molar-refractivity contribution in [2.75, 3.05) is 10.6 Å². The number of aryl methyl sites for hydroxylation is 2. The van der Waals surface area contributed by atoms with Crippen molar-refractivity contribution in [2.45, 2.75) is 25.7 Å². The van der Waals surface area contributed by atoms with Gasteiger partial charge in [-0.1, -0.05) is 59.1 Å². The zero-order valence-corrected chi connectivity index (χ0v) is 23.8. The summed E-state index contributed by atoms with van der Waals surface area (Å²) in [6.45, 7) is 0. The maximum absolute atomic E-state index is 12.8. The molecule has 0 saturated heterocycles. The van der Waals surface area contributed by atoms with Gasteiger partial charge in [0.05, 0.1) is 23.8 Å². The number of anilines is 2. The lowest BCUT2D eigenvalue weighted by molar-refractivity contribution is 0.101. The lowest BCUT2D eigenvalue weighted by atomic mass is 10.2. The average Bonchev–Trinajstić information content (AvgIpc) is 3.84. The van der Waals surface area contributed by atoms with Gasteiger partial charge in [0.1, 0.15) is 21.4 Å². The smallest absolute Gasteiger partial charge is 0.276 e. The maximum Gasteiger partial charge on any atom is 0.276 e. The van der Waals surface area contributed by atoms with Crippen LogP contribution in [0.15, 0.2) is 85.2 Å². The van der Waals surface area contributed by atoms with Crippen LogP contribution in [0.4, 0.5) is 10.3 Å². The van der Waals surface area contributed by atoms with Crippen LogP contribution in [-0.2, 0) is 12.8 Å². The van der Waals surface area contributed by atoms with Gasteiger partial charge in [0, 0.05) is 12.8 Å². The monoisotopic (exact) mass is 596 g/mol. The summed E-state index contributed by atoms with van der Waals surface area (Å²) in [6.07, 6.45) is 6.35. The fourth-order valence-corrected chi connectivity index (χ4v) is 5.74. The normalized spacial score (nSPS) is 11.0. The van der Waals surface area contributed by atoms with Crippen LogP contribution in [0.2, 0.25) is 0 Å². The maximum atomic E-state index is 12.8. The Morgan fingerprint density at radius 1 is 0.595 bits per heavy atom. The first-order valence-electron chi connectivity index (χ1n) is 13.1. The van der Waals surface area contributed by atoms with Crippen molar-refractivity contribution in [3.8, 4) is 11.4 Å². The third kappa shape index (κ3) is 6.29. The number of benzene rings is 2. The van der Waals surface area contributed by atoms with Crippen LogP contribution in [0.1, 0.15) is 43.8 Å². The minimum absolute atomic E-state index is 0.303. The van der Waals surface area contributed by atoms with Crippen LogP contribution in [0.25, 0.3) is 11.4 Å². The molecular formula is C28H24N10O2S2. The summed E-state index contributed by atoms with van der Waals surface area (Å²) in [7, 11) is 0. The van der Waals surface area contributed by atoms with Gasteiger partial charge in [0.2, 0.25) is 10.3 Å². The summed E-state index contributed by atoms with van der Waals surface area (Å²) in [4.78, 5) is 25.7. The van der Waals surface area contributed by atoms with Crippen LogP contribution in [0.5, 0.6) is 0 Å². The largest absolute Gasteiger partial charge is 0.295 e. The molecule has 2 N–H and O–H groups in total. The van der Waals surface area contributed by atoms with Crippen molar-refractivity contribution in [1.29, 1.82) is 0 Å². The molecule has 0 aliphatic carbocycles. The highest BCUT2D eigenvalue weighted by atomic mass is 32.1. The molecule has 0 spiro atoms. The molecule has 0 fully saturated rings. The molecule has 4 aromatic heterocycles. The molecule has 6 aromatic rings. The van der Waals surface area contributed by atoms with Gasteiger partial charge in [-0.15, -0.1) is 20.4 Å². The predicted molar refractivity (Wildman–Crippen MR) is 159 cm³/mol. The number of nitrogens with zero attached hydrogens (tertiary/aromatic N) is 8. The van der Waals surface area contributed by atoms with Gasteiger partial charge < -0.3 is 0 Å². The standard InChI is InChI=1S/C28H24N10O2S2/c39-25(21-15-17-29-37(21)19-9-3-1-4-10-19)31-27-35-33-23(41-27)13-7-8-14-24-34-36-28(42-24)32-26(40)22-16-18-30-38(22)20-11-5-2-6-12-20/h1-6,9-12,15-18H,7-8,13-14H2,(H,31,35,39)(H,32,36,40). The molecule has 0 aliphatic rings. The highest BCUT2D eigenvalue weighted by molar-refractivity contribution is 7.15. The molecule has 4 heterocycles. The minimum Gasteiger partial charge on any atom is -0.295 e. The van der Waals surface area contributed by atoms with E-state index in [1.807, 2.05) is 60.7 Å². The second-order valence-electron chi connectivity index (χ2n) is 9.04. The van der Waals surface area contributed by atoms with Gasteiger partial charge in [-0.05, 0) is 49.2 Å². The molecule has 42 heavy (non-hydrogen) atoms. The highest BCUT2D eigenvalue weighted by Gasteiger charge is 2.17. The molecule has 2 amide bonds. The lowest BCUT2D eigenvalue weighted by Crippen LogP contribution is -2.16. The number of unbranched alkanes of at least 4 members (excludes halogenated alkanes) is 1. The third-order valence-corrected chi connectivity index (χ3v) is 7.96. The Hall–Kier alpha value is -5.08. The number of rotatable bonds is 11. The van der Waals surface area contributed by atoms with E-state index < -0.39 is 0 Å². The van der Waals surface area contributed by atoms with Crippen molar-refractivity contribution in [2.24, 2.45) is 0 Å². The fraction of sp³-hybridized carbons (Fsp3) is 0.143. The number of amides is 2. The fourth-order valence-electron chi connectivity index (χ4n) is 4.19. The highest BCUT2D eigenvalue weighted by Crippen LogP contribution is 2.22. The number of hydrogen-bond acceptors (Lipinski definition) is 10. The SMILES string of the molecule is O=C(Nc1nnc(CCCCc2nnc(NC(=O)c3ccnn3-c3ccccc3)s2)s1)c1ccnn1-c1ccccc1. The molecule has 6 rings (SSSR count). The van der Waals surface area contributed by atoms with E-state index in [2.05, 4.69) is 41.2 Å². The summed E-state index contributed by atoms with van der Waals surface area (Å²) >= 11 is 2.70. The van der Waals surface area contributed by atoms with E-state index >= 15 is 0 Å². The summed E-state index contributed by atoms with van der Waals surface area (Å²) in [5.74, 6) is -0.606. The van der Waals surface area contributed by atoms with Gasteiger partial charge in [0.25, 0.3) is 11.8 Å².